The number of sulfonamides is 1. The number of carbonyl (C=O) groups excluding carboxylic acids is 2. The molecule has 49 heavy (non-hydrogen) atoms. The number of aryl methyl sites for hydroxylation is 1. The van der Waals surface area contributed by atoms with Crippen molar-refractivity contribution in [1.29, 1.82) is 0 Å². The number of hydrogen-bond acceptors (Lipinski definition) is 5. The standard InChI is InChI=1S/C38H35Cl2N3O5S/c1-27-13-20-33(21-14-27)49(46,47)43(30-16-18-32(19-17-30)48-31-11-7-4-8-12-31)26-37(44)42(25-29-15-22-34(39)35(40)23-29)36(38(45)41-2)24-28-9-5-3-6-10-28/h3-23,36H,24-26H2,1-2H3,(H,41,45)/t36-/m1/s1. The van der Waals surface area contributed by atoms with Gasteiger partial charge in [0.15, 0.2) is 0 Å². The molecular formula is C38H35Cl2N3O5S. The summed E-state index contributed by atoms with van der Waals surface area (Å²) in [5, 5.41) is 3.30. The predicted octanol–water partition coefficient (Wildman–Crippen LogP) is 7.68. The maximum Gasteiger partial charge on any atom is 0.264 e. The van der Waals surface area contributed by atoms with Gasteiger partial charge in [0.25, 0.3) is 10.0 Å². The van der Waals surface area contributed by atoms with Gasteiger partial charge in [-0.15, -0.1) is 0 Å². The van der Waals surface area contributed by atoms with Gasteiger partial charge in [0.05, 0.1) is 20.6 Å². The summed E-state index contributed by atoms with van der Waals surface area (Å²) >= 11 is 12.5. The average Bonchev–Trinajstić information content (AvgIpc) is 3.11. The first-order chi connectivity index (χ1) is 23.5. The highest BCUT2D eigenvalue weighted by Gasteiger charge is 2.34. The van der Waals surface area contributed by atoms with E-state index >= 15 is 0 Å². The van der Waals surface area contributed by atoms with E-state index in [9.17, 15) is 18.0 Å². The van der Waals surface area contributed by atoms with E-state index in [1.54, 1.807) is 54.6 Å². The molecule has 0 heterocycles. The van der Waals surface area contributed by atoms with E-state index in [-0.39, 0.29) is 28.6 Å². The van der Waals surface area contributed by atoms with Gasteiger partial charge in [-0.25, -0.2) is 8.42 Å². The Bertz CT molecular complexity index is 1990. The van der Waals surface area contributed by atoms with Gasteiger partial charge in [-0.05, 0) is 78.7 Å². The van der Waals surface area contributed by atoms with Crippen LogP contribution in [0.3, 0.4) is 0 Å². The third kappa shape index (κ3) is 9.00. The zero-order valence-electron chi connectivity index (χ0n) is 26.9. The highest BCUT2D eigenvalue weighted by atomic mass is 35.5. The smallest absolute Gasteiger partial charge is 0.264 e. The van der Waals surface area contributed by atoms with Gasteiger partial charge in [0.2, 0.25) is 11.8 Å². The minimum Gasteiger partial charge on any atom is -0.457 e. The zero-order valence-corrected chi connectivity index (χ0v) is 29.3. The Balaban J connectivity index is 1.55. The summed E-state index contributed by atoms with van der Waals surface area (Å²) in [6.45, 7) is 1.22. The molecule has 5 aromatic rings. The number of benzene rings is 5. The molecule has 0 aromatic heterocycles. The van der Waals surface area contributed by atoms with E-state index in [1.807, 2.05) is 67.6 Å². The molecule has 5 aromatic carbocycles. The van der Waals surface area contributed by atoms with E-state index in [0.29, 0.717) is 22.1 Å². The third-order valence-electron chi connectivity index (χ3n) is 7.85. The summed E-state index contributed by atoms with van der Waals surface area (Å²) in [7, 11) is -2.77. The number of anilines is 1. The Morgan fingerprint density at radius 1 is 0.755 bits per heavy atom. The predicted molar refractivity (Wildman–Crippen MR) is 194 cm³/mol. The van der Waals surface area contributed by atoms with Crippen molar-refractivity contribution in [3.8, 4) is 11.5 Å². The summed E-state index contributed by atoms with van der Waals surface area (Å²) in [4.78, 5) is 29.4. The number of likely N-dealkylation sites (N-methyl/N-ethyl adjacent to an activating group) is 1. The molecule has 0 aliphatic rings. The Kier molecular flexibility index (Phi) is 11.6. The van der Waals surface area contributed by atoms with Gasteiger partial charge in [0, 0.05) is 20.0 Å². The fourth-order valence-electron chi connectivity index (χ4n) is 5.23. The largest absolute Gasteiger partial charge is 0.457 e. The number of carbonyl (C=O) groups is 2. The van der Waals surface area contributed by atoms with Crippen LogP contribution < -0.4 is 14.4 Å². The lowest BCUT2D eigenvalue weighted by Crippen LogP contribution is -2.53. The quantitative estimate of drug-likeness (QED) is 0.135. The van der Waals surface area contributed by atoms with Gasteiger partial charge >= 0.3 is 0 Å². The molecule has 5 rings (SSSR count). The van der Waals surface area contributed by atoms with Crippen LogP contribution in [0.1, 0.15) is 16.7 Å². The molecule has 11 heteroatoms. The van der Waals surface area contributed by atoms with Crippen LogP contribution in [0.2, 0.25) is 10.0 Å². The van der Waals surface area contributed by atoms with Crippen molar-refractivity contribution in [2.24, 2.45) is 0 Å². The number of nitrogens with zero attached hydrogens (tertiary/aromatic N) is 2. The van der Waals surface area contributed by atoms with Gasteiger partial charge in [-0.2, -0.15) is 0 Å². The van der Waals surface area contributed by atoms with Crippen molar-refractivity contribution in [2.45, 2.75) is 30.8 Å². The van der Waals surface area contributed by atoms with Crippen LogP contribution in [0.5, 0.6) is 11.5 Å². The molecule has 1 N–H and O–H groups in total. The van der Waals surface area contributed by atoms with Crippen molar-refractivity contribution < 1.29 is 22.7 Å². The molecule has 1 atom stereocenters. The van der Waals surface area contributed by atoms with Crippen molar-refractivity contribution in [2.75, 3.05) is 17.9 Å². The molecule has 0 radical (unpaired) electrons. The number of amides is 2. The number of halogens is 2. The fourth-order valence-corrected chi connectivity index (χ4v) is 6.96. The Hall–Kier alpha value is -4.83. The first-order valence-electron chi connectivity index (χ1n) is 15.5. The molecule has 0 aliphatic heterocycles. The van der Waals surface area contributed by atoms with Crippen molar-refractivity contribution in [1.82, 2.24) is 10.2 Å². The average molecular weight is 717 g/mol. The molecule has 0 aliphatic carbocycles. The van der Waals surface area contributed by atoms with Crippen LogP contribution in [-0.4, -0.2) is 44.8 Å². The molecule has 0 saturated carbocycles. The molecule has 0 unspecified atom stereocenters. The van der Waals surface area contributed by atoms with Crippen LogP contribution in [0.15, 0.2) is 132 Å². The number of para-hydroxylation sites is 1. The lowest BCUT2D eigenvalue weighted by molar-refractivity contribution is -0.139. The molecule has 0 saturated heterocycles. The fraction of sp³-hybridized carbons (Fsp3) is 0.158. The summed E-state index contributed by atoms with van der Waals surface area (Å²) in [5.74, 6) is 0.0902. The maximum atomic E-state index is 14.5. The second-order valence-electron chi connectivity index (χ2n) is 11.3. The molecule has 2 amide bonds. The normalized spacial score (nSPS) is 11.8. The molecule has 0 fully saturated rings. The Labute approximate surface area is 296 Å². The number of ether oxygens (including phenoxy) is 1. The topological polar surface area (TPSA) is 96.0 Å². The van der Waals surface area contributed by atoms with E-state index in [2.05, 4.69) is 5.32 Å². The van der Waals surface area contributed by atoms with E-state index < -0.39 is 34.4 Å². The second-order valence-corrected chi connectivity index (χ2v) is 14.0. The number of rotatable bonds is 13. The summed E-state index contributed by atoms with van der Waals surface area (Å²) in [6, 6.07) is 35.3. The minimum absolute atomic E-state index is 0.0127. The van der Waals surface area contributed by atoms with E-state index in [0.717, 1.165) is 15.4 Å². The van der Waals surface area contributed by atoms with E-state index in [4.69, 9.17) is 27.9 Å². The zero-order chi connectivity index (χ0) is 35.0. The van der Waals surface area contributed by atoms with E-state index in [1.165, 1.54) is 24.1 Å². The van der Waals surface area contributed by atoms with Crippen LogP contribution in [0.25, 0.3) is 0 Å². The summed E-state index contributed by atoms with van der Waals surface area (Å²) < 4.78 is 35.5. The van der Waals surface area contributed by atoms with Gasteiger partial charge in [-0.1, -0.05) is 95.5 Å². The maximum absolute atomic E-state index is 14.5. The highest BCUT2D eigenvalue weighted by Crippen LogP contribution is 2.30. The van der Waals surface area contributed by atoms with Crippen LogP contribution in [0, 0.1) is 6.92 Å². The van der Waals surface area contributed by atoms with Gasteiger partial charge in [-0.3, -0.25) is 13.9 Å². The lowest BCUT2D eigenvalue weighted by Gasteiger charge is -2.33. The minimum atomic E-state index is -4.26. The summed E-state index contributed by atoms with van der Waals surface area (Å²) in [6.07, 6.45) is 0.184. The van der Waals surface area contributed by atoms with Crippen LogP contribution in [-0.2, 0) is 32.6 Å². The third-order valence-corrected chi connectivity index (χ3v) is 10.4. The van der Waals surface area contributed by atoms with Crippen molar-refractivity contribution >= 4 is 50.7 Å². The number of hydrogen-bond donors (Lipinski definition) is 1. The Morgan fingerprint density at radius 2 is 1.37 bits per heavy atom. The molecule has 0 bridgehead atoms. The second kappa shape index (κ2) is 16.0. The first kappa shape index (κ1) is 35.5. The highest BCUT2D eigenvalue weighted by molar-refractivity contribution is 7.92. The SMILES string of the molecule is CNC(=O)[C@@H](Cc1ccccc1)N(Cc1ccc(Cl)c(Cl)c1)C(=O)CN(c1ccc(Oc2ccccc2)cc1)S(=O)(=O)c1ccc(C)cc1. The Morgan fingerprint density at radius 3 is 1.98 bits per heavy atom. The van der Waals surface area contributed by atoms with Crippen LogP contribution in [0.4, 0.5) is 5.69 Å². The van der Waals surface area contributed by atoms with Gasteiger partial charge < -0.3 is 15.0 Å². The molecule has 0 spiro atoms. The first-order valence-corrected chi connectivity index (χ1v) is 17.7. The molecular weight excluding hydrogens is 681 g/mol. The molecule has 252 valence electrons. The lowest BCUT2D eigenvalue weighted by atomic mass is 10.0. The van der Waals surface area contributed by atoms with Gasteiger partial charge in [0.1, 0.15) is 24.1 Å². The van der Waals surface area contributed by atoms with Crippen molar-refractivity contribution in [3.05, 3.63) is 154 Å². The van der Waals surface area contributed by atoms with Crippen LogP contribution >= 0.6 is 23.2 Å². The number of nitrogens with one attached hydrogen (secondary N) is 1. The monoisotopic (exact) mass is 715 g/mol. The molecule has 8 nitrogen and oxygen atoms in total. The summed E-state index contributed by atoms with van der Waals surface area (Å²) in [5.41, 5.74) is 2.55. The van der Waals surface area contributed by atoms with Crippen molar-refractivity contribution in [3.63, 3.8) is 0 Å².